The molecule has 28 heavy (non-hydrogen) atoms. The van der Waals surface area contributed by atoms with Crippen molar-refractivity contribution in [1.82, 2.24) is 15.1 Å². The minimum absolute atomic E-state index is 0.0747. The Bertz CT molecular complexity index is 1110. The van der Waals surface area contributed by atoms with Gasteiger partial charge in [-0.15, -0.1) is 0 Å². The highest BCUT2D eigenvalue weighted by Gasteiger charge is 2.14. The Labute approximate surface area is 165 Å². The van der Waals surface area contributed by atoms with Crippen molar-refractivity contribution in [3.05, 3.63) is 65.6 Å². The van der Waals surface area contributed by atoms with Gasteiger partial charge in [0.05, 0.1) is 16.1 Å². The molecule has 3 rings (SSSR count). The lowest BCUT2D eigenvalue weighted by atomic mass is 10.2. The molecule has 0 unspecified atom stereocenters. The fraction of sp³-hybridized carbons (Fsp3) is 0.111. The molecule has 0 aliphatic carbocycles. The van der Waals surface area contributed by atoms with Crippen molar-refractivity contribution in [2.24, 2.45) is 0 Å². The lowest BCUT2D eigenvalue weighted by Crippen LogP contribution is -2.33. The molecule has 3 aromatic rings. The van der Waals surface area contributed by atoms with Gasteiger partial charge in [0.15, 0.2) is 0 Å². The first kappa shape index (κ1) is 20.0. The number of benzene rings is 2. The average Bonchev–Trinajstić information content (AvgIpc) is 2.66. The number of nitrogens with one attached hydrogen (secondary N) is 3. The molecule has 0 saturated heterocycles. The molecule has 3 N–H and O–H groups in total. The van der Waals surface area contributed by atoms with E-state index in [1.54, 1.807) is 30.5 Å². The van der Waals surface area contributed by atoms with Crippen molar-refractivity contribution in [2.45, 2.75) is 11.3 Å². The minimum Gasteiger partial charge on any atom is -0.298 e. The Morgan fingerprint density at radius 2 is 1.86 bits per heavy atom. The highest BCUT2D eigenvalue weighted by Crippen LogP contribution is 2.23. The van der Waals surface area contributed by atoms with Gasteiger partial charge in [-0.2, -0.15) is 0 Å². The van der Waals surface area contributed by atoms with Crippen molar-refractivity contribution in [3.8, 4) is 0 Å². The Morgan fingerprint density at radius 1 is 1.11 bits per heavy atom. The lowest BCUT2D eigenvalue weighted by Gasteiger charge is -2.11. The first-order valence-electron chi connectivity index (χ1n) is 8.19. The first-order chi connectivity index (χ1) is 13.3. The summed E-state index contributed by atoms with van der Waals surface area (Å²) in [6, 6.07) is 11.3. The normalized spacial score (nSPS) is 11.4. The van der Waals surface area contributed by atoms with Gasteiger partial charge in [0.25, 0.3) is 0 Å². The van der Waals surface area contributed by atoms with Crippen LogP contribution in [0.4, 0.5) is 10.1 Å². The van der Waals surface area contributed by atoms with Crippen LogP contribution in [0.5, 0.6) is 0 Å². The van der Waals surface area contributed by atoms with Gasteiger partial charge in [-0.3, -0.25) is 20.6 Å². The number of pyridine rings is 1. The molecule has 1 amide bonds. The number of rotatable bonds is 7. The van der Waals surface area contributed by atoms with Crippen molar-refractivity contribution >= 4 is 44.1 Å². The van der Waals surface area contributed by atoms with Crippen LogP contribution in [0.15, 0.2) is 59.6 Å². The quantitative estimate of drug-likeness (QED) is 0.508. The van der Waals surface area contributed by atoms with Crippen molar-refractivity contribution in [2.75, 3.05) is 12.0 Å². The molecule has 0 fully saturated rings. The van der Waals surface area contributed by atoms with E-state index in [0.29, 0.717) is 16.2 Å². The molecular formula is C18H16ClFN4O3S. The highest BCUT2D eigenvalue weighted by molar-refractivity contribution is 7.89. The summed E-state index contributed by atoms with van der Waals surface area (Å²) in [6.45, 7) is -0.111. The van der Waals surface area contributed by atoms with E-state index in [1.807, 2.05) is 0 Å². The highest BCUT2D eigenvalue weighted by atomic mass is 35.5. The summed E-state index contributed by atoms with van der Waals surface area (Å²) in [4.78, 5) is 16.1. The summed E-state index contributed by atoms with van der Waals surface area (Å²) in [5.74, 6) is -0.948. The third-order valence-electron chi connectivity index (χ3n) is 3.81. The topological polar surface area (TPSA) is 100 Å². The van der Waals surface area contributed by atoms with E-state index in [9.17, 15) is 17.6 Å². The molecule has 0 spiro atoms. The maximum absolute atomic E-state index is 12.9. The fourth-order valence-electron chi connectivity index (χ4n) is 2.43. The predicted molar refractivity (Wildman–Crippen MR) is 105 cm³/mol. The van der Waals surface area contributed by atoms with E-state index in [-0.39, 0.29) is 17.9 Å². The second-order valence-electron chi connectivity index (χ2n) is 5.79. The number of sulfonamides is 1. The van der Waals surface area contributed by atoms with Crippen LogP contribution in [-0.4, -0.2) is 25.9 Å². The average molecular weight is 423 g/mol. The number of nitrogens with zero attached hydrogens (tertiary/aromatic N) is 1. The van der Waals surface area contributed by atoms with Crippen LogP contribution in [0.25, 0.3) is 10.9 Å². The summed E-state index contributed by atoms with van der Waals surface area (Å²) >= 11 is 5.94. The SMILES string of the molecule is O=C(CCNS(=O)(=O)c1ccc(F)cc1)NNc1ccnc2cc(Cl)ccc12. The number of hydrazine groups is 1. The van der Waals surface area contributed by atoms with Gasteiger partial charge in [0.2, 0.25) is 15.9 Å². The summed E-state index contributed by atoms with van der Waals surface area (Å²) in [5, 5.41) is 1.32. The number of anilines is 1. The number of fused-ring (bicyclic) bond motifs is 1. The molecule has 0 atom stereocenters. The zero-order chi connectivity index (χ0) is 20.1. The van der Waals surface area contributed by atoms with Gasteiger partial charge in [-0.1, -0.05) is 11.6 Å². The molecule has 0 radical (unpaired) electrons. The largest absolute Gasteiger partial charge is 0.298 e. The van der Waals surface area contributed by atoms with E-state index in [4.69, 9.17) is 11.6 Å². The maximum atomic E-state index is 12.9. The summed E-state index contributed by atoms with van der Waals surface area (Å²) in [5.41, 5.74) is 6.59. The van der Waals surface area contributed by atoms with Crippen molar-refractivity contribution in [1.29, 1.82) is 0 Å². The van der Waals surface area contributed by atoms with Gasteiger partial charge in [-0.25, -0.2) is 17.5 Å². The van der Waals surface area contributed by atoms with E-state index in [2.05, 4.69) is 20.6 Å². The van der Waals surface area contributed by atoms with Gasteiger partial charge < -0.3 is 0 Å². The van der Waals surface area contributed by atoms with Crippen molar-refractivity contribution < 1.29 is 17.6 Å². The molecule has 0 aliphatic heterocycles. The second-order valence-corrected chi connectivity index (χ2v) is 8.00. The molecule has 0 aliphatic rings. The Kier molecular flexibility index (Phi) is 6.08. The number of hydrogen-bond acceptors (Lipinski definition) is 5. The molecule has 7 nitrogen and oxygen atoms in total. The van der Waals surface area contributed by atoms with Crippen LogP contribution in [0, 0.1) is 5.82 Å². The Morgan fingerprint density at radius 3 is 2.61 bits per heavy atom. The Hall–Kier alpha value is -2.75. The van der Waals surface area contributed by atoms with Gasteiger partial charge in [0, 0.05) is 29.6 Å². The van der Waals surface area contributed by atoms with Crippen LogP contribution < -0.4 is 15.6 Å². The zero-order valence-corrected chi connectivity index (χ0v) is 16.0. The zero-order valence-electron chi connectivity index (χ0n) is 14.4. The number of aromatic nitrogens is 1. The fourth-order valence-corrected chi connectivity index (χ4v) is 3.62. The van der Waals surface area contributed by atoms with Gasteiger partial charge in [0.1, 0.15) is 5.82 Å². The van der Waals surface area contributed by atoms with Crippen LogP contribution >= 0.6 is 11.6 Å². The number of hydrogen-bond donors (Lipinski definition) is 3. The molecule has 2 aromatic carbocycles. The molecular weight excluding hydrogens is 407 g/mol. The predicted octanol–water partition coefficient (Wildman–Crippen LogP) is 2.84. The second kappa shape index (κ2) is 8.51. The lowest BCUT2D eigenvalue weighted by molar-refractivity contribution is -0.120. The van der Waals surface area contributed by atoms with Gasteiger partial charge >= 0.3 is 0 Å². The number of carbonyl (C=O) groups excluding carboxylic acids is 1. The molecule has 10 heteroatoms. The molecule has 146 valence electrons. The first-order valence-corrected chi connectivity index (χ1v) is 10.1. The maximum Gasteiger partial charge on any atom is 0.240 e. The van der Waals surface area contributed by atoms with E-state index in [0.717, 1.165) is 29.7 Å². The van der Waals surface area contributed by atoms with Crippen LogP contribution in [0.3, 0.4) is 0 Å². The van der Waals surface area contributed by atoms with Crippen molar-refractivity contribution in [3.63, 3.8) is 0 Å². The summed E-state index contributed by atoms with van der Waals surface area (Å²) in [7, 11) is -3.81. The number of carbonyl (C=O) groups is 1. The third-order valence-corrected chi connectivity index (χ3v) is 5.52. The van der Waals surface area contributed by atoms with Gasteiger partial charge in [-0.05, 0) is 48.5 Å². The molecule has 0 saturated carbocycles. The molecule has 1 aromatic heterocycles. The minimum atomic E-state index is -3.81. The number of halogens is 2. The number of amides is 1. The van der Waals surface area contributed by atoms with Crippen LogP contribution in [0.1, 0.15) is 6.42 Å². The van der Waals surface area contributed by atoms with Crippen LogP contribution in [-0.2, 0) is 14.8 Å². The van der Waals surface area contributed by atoms with E-state index >= 15 is 0 Å². The summed E-state index contributed by atoms with van der Waals surface area (Å²) in [6.07, 6.45) is 1.48. The molecule has 0 bridgehead atoms. The summed E-state index contributed by atoms with van der Waals surface area (Å²) < 4.78 is 39.3. The van der Waals surface area contributed by atoms with E-state index in [1.165, 1.54) is 0 Å². The smallest absolute Gasteiger partial charge is 0.240 e. The monoisotopic (exact) mass is 422 g/mol. The standard InChI is InChI=1S/C18H16ClFN4O3S/c19-12-1-6-15-16(7-9-21-17(15)11-12)23-24-18(25)8-10-22-28(26,27)14-4-2-13(20)3-5-14/h1-7,9,11,22H,8,10H2,(H,21,23)(H,24,25). The molecule has 1 heterocycles. The third kappa shape index (κ3) is 4.94. The van der Waals surface area contributed by atoms with Crippen LogP contribution in [0.2, 0.25) is 5.02 Å². The Balaban J connectivity index is 1.53. The van der Waals surface area contributed by atoms with E-state index < -0.39 is 21.7 Å².